The Morgan fingerprint density at radius 2 is 2.08 bits per heavy atom. The number of aryl methyl sites for hydroxylation is 1. The largest absolute Gasteiger partial charge is 0.497 e. The van der Waals surface area contributed by atoms with Gasteiger partial charge in [-0.15, -0.1) is 11.3 Å². The molecule has 1 fully saturated rings. The smallest absolute Gasteiger partial charge is 0.227 e. The predicted octanol–water partition coefficient (Wildman–Crippen LogP) is 3.71. The minimum atomic E-state index is 0.247. The molecule has 3 rings (SSSR count). The van der Waals surface area contributed by atoms with E-state index in [0.29, 0.717) is 12.5 Å². The number of methoxy groups -OCH3 is 1. The van der Waals surface area contributed by atoms with Gasteiger partial charge >= 0.3 is 0 Å². The Morgan fingerprint density at radius 1 is 1.29 bits per heavy atom. The number of likely N-dealkylation sites (tertiary alicyclic amines) is 1. The third-order valence-corrected chi connectivity index (χ3v) is 5.41. The Hall–Kier alpha value is -2.01. The molecule has 5 heteroatoms. The van der Waals surface area contributed by atoms with Crippen molar-refractivity contribution < 1.29 is 9.53 Å². The quantitative estimate of drug-likeness (QED) is 0.899. The molecule has 0 spiro atoms. The summed E-state index contributed by atoms with van der Waals surface area (Å²) in [4.78, 5) is 16.8. The molecule has 24 heavy (non-hydrogen) atoms. The van der Waals surface area contributed by atoms with Gasteiger partial charge in [0.1, 0.15) is 5.75 Å². The zero-order valence-electron chi connectivity index (χ0n) is 14.2. The zero-order chi connectivity index (χ0) is 16.9. The number of nitrogens with one attached hydrogen (secondary N) is 1. The van der Waals surface area contributed by atoms with Crippen LogP contribution >= 0.6 is 11.3 Å². The number of ether oxygens (including phenoxy) is 1. The van der Waals surface area contributed by atoms with Crippen molar-refractivity contribution in [3.05, 3.63) is 46.2 Å². The van der Waals surface area contributed by atoms with E-state index in [9.17, 15) is 4.79 Å². The maximum Gasteiger partial charge on any atom is 0.227 e. The minimum Gasteiger partial charge on any atom is -0.497 e. The first-order valence-corrected chi connectivity index (χ1v) is 9.19. The van der Waals surface area contributed by atoms with Gasteiger partial charge in [-0.2, -0.15) is 0 Å². The molecule has 4 nitrogen and oxygen atoms in total. The number of piperidine rings is 1. The molecule has 1 aliphatic rings. The fourth-order valence-corrected chi connectivity index (χ4v) is 3.94. The highest BCUT2D eigenvalue weighted by atomic mass is 32.1. The molecule has 1 amide bonds. The molecule has 1 aliphatic heterocycles. The molecule has 0 unspecified atom stereocenters. The molecular formula is C19H24N2O2S. The van der Waals surface area contributed by atoms with Crippen molar-refractivity contribution in [1.29, 1.82) is 0 Å². The van der Waals surface area contributed by atoms with Crippen molar-refractivity contribution in [2.75, 3.05) is 25.5 Å². The maximum atomic E-state index is 12.4. The van der Waals surface area contributed by atoms with Crippen LogP contribution in [-0.2, 0) is 11.2 Å². The number of rotatable bonds is 5. The number of hydrogen-bond donors (Lipinski definition) is 1. The zero-order valence-corrected chi connectivity index (χ0v) is 15.1. The first-order valence-electron chi connectivity index (χ1n) is 8.38. The lowest BCUT2D eigenvalue weighted by Crippen LogP contribution is -2.42. The number of hydrogen-bond acceptors (Lipinski definition) is 4. The van der Waals surface area contributed by atoms with E-state index < -0.39 is 0 Å². The van der Waals surface area contributed by atoms with E-state index in [-0.39, 0.29) is 5.91 Å². The SMILES string of the molecule is COc1cccc(NC2CCN(C(=O)Cc3ccc(C)s3)CC2)c1. The summed E-state index contributed by atoms with van der Waals surface area (Å²) in [6.45, 7) is 3.73. The fraction of sp³-hybridized carbons (Fsp3) is 0.421. The highest BCUT2D eigenvalue weighted by molar-refractivity contribution is 7.12. The van der Waals surface area contributed by atoms with Crippen LogP contribution in [0.3, 0.4) is 0 Å². The lowest BCUT2D eigenvalue weighted by molar-refractivity contribution is -0.131. The van der Waals surface area contributed by atoms with E-state index in [4.69, 9.17) is 4.74 Å². The molecule has 1 N–H and O–H groups in total. The number of benzene rings is 1. The fourth-order valence-electron chi connectivity index (χ4n) is 3.06. The van der Waals surface area contributed by atoms with Gasteiger partial charge in [-0.05, 0) is 44.0 Å². The maximum absolute atomic E-state index is 12.4. The molecule has 1 aromatic heterocycles. The van der Waals surface area contributed by atoms with Crippen molar-refractivity contribution in [3.63, 3.8) is 0 Å². The number of amides is 1. The van der Waals surface area contributed by atoms with Crippen LogP contribution in [-0.4, -0.2) is 37.0 Å². The summed E-state index contributed by atoms with van der Waals surface area (Å²) in [7, 11) is 1.68. The Balaban J connectivity index is 1.49. The summed E-state index contributed by atoms with van der Waals surface area (Å²) in [6, 6.07) is 12.6. The molecule has 1 saturated heterocycles. The summed E-state index contributed by atoms with van der Waals surface area (Å²) < 4.78 is 5.26. The van der Waals surface area contributed by atoms with Crippen LogP contribution in [0.5, 0.6) is 5.75 Å². The minimum absolute atomic E-state index is 0.247. The van der Waals surface area contributed by atoms with Gasteiger partial charge in [-0.3, -0.25) is 4.79 Å². The van der Waals surface area contributed by atoms with Gasteiger partial charge in [0.05, 0.1) is 13.5 Å². The lowest BCUT2D eigenvalue weighted by atomic mass is 10.0. The van der Waals surface area contributed by atoms with Crippen LogP contribution in [0.1, 0.15) is 22.6 Å². The Bertz CT molecular complexity index is 690. The van der Waals surface area contributed by atoms with E-state index in [0.717, 1.165) is 42.2 Å². The van der Waals surface area contributed by atoms with Crippen molar-refractivity contribution >= 4 is 22.9 Å². The summed E-state index contributed by atoms with van der Waals surface area (Å²) in [5, 5.41) is 3.55. The Kier molecular flexibility index (Phi) is 5.41. The van der Waals surface area contributed by atoms with Crippen LogP contribution < -0.4 is 10.1 Å². The molecule has 0 aliphatic carbocycles. The first-order chi connectivity index (χ1) is 11.6. The number of anilines is 1. The standard InChI is InChI=1S/C19H24N2O2S/c1-14-6-7-18(24-14)13-19(22)21-10-8-15(9-11-21)20-16-4-3-5-17(12-16)23-2/h3-7,12,15,20H,8-11,13H2,1-2H3. The van der Waals surface area contributed by atoms with Crippen LogP contribution in [0.15, 0.2) is 36.4 Å². The molecule has 0 radical (unpaired) electrons. The molecule has 128 valence electrons. The van der Waals surface area contributed by atoms with Gasteiger partial charge in [0.25, 0.3) is 0 Å². The van der Waals surface area contributed by atoms with E-state index in [1.165, 1.54) is 4.88 Å². The second-order valence-electron chi connectivity index (χ2n) is 6.22. The number of thiophene rings is 1. The van der Waals surface area contributed by atoms with Crippen molar-refractivity contribution in [2.45, 2.75) is 32.2 Å². The van der Waals surface area contributed by atoms with Crippen molar-refractivity contribution in [1.82, 2.24) is 4.90 Å². The predicted molar refractivity (Wildman–Crippen MR) is 99.0 cm³/mol. The van der Waals surface area contributed by atoms with Crippen LogP contribution in [0.25, 0.3) is 0 Å². The number of carbonyl (C=O) groups excluding carboxylic acids is 1. The van der Waals surface area contributed by atoms with Gasteiger partial charge < -0.3 is 15.0 Å². The van der Waals surface area contributed by atoms with Crippen molar-refractivity contribution in [2.24, 2.45) is 0 Å². The monoisotopic (exact) mass is 344 g/mol. The van der Waals surface area contributed by atoms with Crippen LogP contribution in [0.2, 0.25) is 0 Å². The molecule has 1 aromatic carbocycles. The highest BCUT2D eigenvalue weighted by Crippen LogP contribution is 2.22. The van der Waals surface area contributed by atoms with Crippen LogP contribution in [0.4, 0.5) is 5.69 Å². The normalized spacial score (nSPS) is 15.3. The average Bonchev–Trinajstić information content (AvgIpc) is 3.00. The molecule has 0 atom stereocenters. The van der Waals surface area contributed by atoms with Crippen LogP contribution in [0, 0.1) is 6.92 Å². The summed E-state index contributed by atoms with van der Waals surface area (Å²) >= 11 is 1.71. The summed E-state index contributed by atoms with van der Waals surface area (Å²) in [6.07, 6.45) is 2.49. The van der Waals surface area contributed by atoms with Gasteiger partial charge in [0.15, 0.2) is 0 Å². The van der Waals surface area contributed by atoms with Gasteiger partial charge in [0.2, 0.25) is 5.91 Å². The highest BCUT2D eigenvalue weighted by Gasteiger charge is 2.23. The van der Waals surface area contributed by atoms with E-state index in [1.54, 1.807) is 18.4 Å². The second kappa shape index (κ2) is 7.71. The number of carbonyl (C=O) groups is 1. The third kappa shape index (κ3) is 4.29. The Labute approximate surface area is 147 Å². The Morgan fingerprint density at radius 3 is 2.75 bits per heavy atom. The summed E-state index contributed by atoms with van der Waals surface area (Å²) in [5.74, 6) is 1.11. The van der Waals surface area contributed by atoms with E-state index >= 15 is 0 Å². The third-order valence-electron chi connectivity index (χ3n) is 4.41. The molecule has 2 heterocycles. The van der Waals surface area contributed by atoms with Crippen molar-refractivity contribution in [3.8, 4) is 5.75 Å². The second-order valence-corrected chi connectivity index (χ2v) is 7.59. The van der Waals surface area contributed by atoms with E-state index in [2.05, 4.69) is 30.4 Å². The van der Waals surface area contributed by atoms with E-state index in [1.807, 2.05) is 23.1 Å². The molecular weight excluding hydrogens is 320 g/mol. The molecule has 0 bridgehead atoms. The average molecular weight is 344 g/mol. The van der Waals surface area contributed by atoms with Gasteiger partial charge in [-0.25, -0.2) is 0 Å². The summed E-state index contributed by atoms with van der Waals surface area (Å²) in [5.41, 5.74) is 1.08. The molecule has 2 aromatic rings. The molecule has 0 saturated carbocycles. The first kappa shape index (κ1) is 16.8. The topological polar surface area (TPSA) is 41.6 Å². The number of nitrogens with zero attached hydrogens (tertiary/aromatic N) is 1. The van der Waals surface area contributed by atoms with Gasteiger partial charge in [-0.1, -0.05) is 6.07 Å². The van der Waals surface area contributed by atoms with Gasteiger partial charge in [0, 0.05) is 40.6 Å². The lowest BCUT2D eigenvalue weighted by Gasteiger charge is -2.33.